The van der Waals surface area contributed by atoms with E-state index in [-0.39, 0.29) is 6.10 Å². The van der Waals surface area contributed by atoms with Crippen LogP contribution in [0.2, 0.25) is 0 Å². The third-order valence-corrected chi connectivity index (χ3v) is 3.80. The predicted octanol–water partition coefficient (Wildman–Crippen LogP) is 3.14. The molecule has 3 atom stereocenters. The Hall–Kier alpha value is -0.300. The van der Waals surface area contributed by atoms with Crippen LogP contribution in [0.4, 0.5) is 0 Å². The van der Waals surface area contributed by atoms with Crippen molar-refractivity contribution in [2.24, 2.45) is 11.3 Å². The van der Waals surface area contributed by atoms with Crippen LogP contribution in [0.15, 0.2) is 12.2 Å². The summed E-state index contributed by atoms with van der Waals surface area (Å²) in [7, 11) is 0. The average Bonchev–Trinajstić information content (AvgIpc) is 2.09. The standard InChI is InChI=1S/C12H22O/c1-5-12(4)7-6-10(13)8-11(12)9(2)3/h10-11,13H,2,5-8H2,1,3-4H3/t10-,11-,12+/m1/s1. The summed E-state index contributed by atoms with van der Waals surface area (Å²) in [4.78, 5) is 0. The van der Waals surface area contributed by atoms with Crippen LogP contribution in [0, 0.1) is 11.3 Å². The van der Waals surface area contributed by atoms with E-state index in [0.29, 0.717) is 11.3 Å². The minimum absolute atomic E-state index is 0.0960. The molecular weight excluding hydrogens is 160 g/mol. The Kier molecular flexibility index (Phi) is 3.18. The van der Waals surface area contributed by atoms with Crippen LogP contribution < -0.4 is 0 Å². The van der Waals surface area contributed by atoms with E-state index in [0.717, 1.165) is 19.3 Å². The van der Waals surface area contributed by atoms with Crippen LogP contribution in [-0.2, 0) is 0 Å². The molecule has 1 fully saturated rings. The normalized spacial score (nSPS) is 40.3. The summed E-state index contributed by atoms with van der Waals surface area (Å²) in [5, 5.41) is 9.62. The first-order valence-corrected chi connectivity index (χ1v) is 5.33. The lowest BCUT2D eigenvalue weighted by atomic mass is 9.63. The number of aliphatic hydroxyl groups excluding tert-OH is 1. The molecule has 0 spiro atoms. The molecule has 0 amide bonds. The first-order valence-electron chi connectivity index (χ1n) is 5.33. The fourth-order valence-corrected chi connectivity index (χ4v) is 2.56. The molecule has 1 heteroatoms. The highest BCUT2D eigenvalue weighted by atomic mass is 16.3. The van der Waals surface area contributed by atoms with Crippen molar-refractivity contribution in [1.29, 1.82) is 0 Å². The van der Waals surface area contributed by atoms with Gasteiger partial charge in [-0.2, -0.15) is 0 Å². The van der Waals surface area contributed by atoms with Crippen molar-refractivity contribution in [3.8, 4) is 0 Å². The number of allylic oxidation sites excluding steroid dienone is 1. The Balaban J connectivity index is 2.77. The minimum Gasteiger partial charge on any atom is -0.393 e. The lowest BCUT2D eigenvalue weighted by molar-refractivity contribution is 0.0318. The number of rotatable bonds is 2. The molecule has 1 rings (SSSR count). The van der Waals surface area contributed by atoms with E-state index in [9.17, 15) is 5.11 Å². The van der Waals surface area contributed by atoms with Gasteiger partial charge in [-0.1, -0.05) is 32.4 Å². The van der Waals surface area contributed by atoms with Crippen LogP contribution in [0.5, 0.6) is 0 Å². The molecule has 13 heavy (non-hydrogen) atoms. The largest absolute Gasteiger partial charge is 0.393 e. The molecule has 0 bridgehead atoms. The molecule has 1 aliphatic carbocycles. The minimum atomic E-state index is -0.0960. The predicted molar refractivity (Wildman–Crippen MR) is 56.6 cm³/mol. The third kappa shape index (κ3) is 2.14. The second-order valence-electron chi connectivity index (χ2n) is 4.83. The zero-order valence-corrected chi connectivity index (χ0v) is 9.14. The quantitative estimate of drug-likeness (QED) is 0.650. The van der Waals surface area contributed by atoms with E-state index in [1.807, 2.05) is 0 Å². The van der Waals surface area contributed by atoms with Gasteiger partial charge in [0.15, 0.2) is 0 Å². The molecule has 1 nitrogen and oxygen atoms in total. The van der Waals surface area contributed by atoms with Gasteiger partial charge in [0.25, 0.3) is 0 Å². The molecule has 1 saturated carbocycles. The molecule has 0 saturated heterocycles. The van der Waals surface area contributed by atoms with Gasteiger partial charge < -0.3 is 5.11 Å². The van der Waals surface area contributed by atoms with Crippen molar-refractivity contribution in [2.75, 3.05) is 0 Å². The molecule has 76 valence electrons. The Morgan fingerprint density at radius 2 is 2.23 bits per heavy atom. The maximum atomic E-state index is 9.62. The van der Waals surface area contributed by atoms with E-state index in [2.05, 4.69) is 27.4 Å². The Labute approximate surface area is 81.9 Å². The zero-order chi connectivity index (χ0) is 10.1. The first-order chi connectivity index (χ1) is 5.99. The monoisotopic (exact) mass is 182 g/mol. The lowest BCUT2D eigenvalue weighted by Crippen LogP contribution is -2.36. The summed E-state index contributed by atoms with van der Waals surface area (Å²) in [5.41, 5.74) is 1.62. The summed E-state index contributed by atoms with van der Waals surface area (Å²) in [6.07, 6.45) is 4.12. The first kappa shape index (κ1) is 10.8. The summed E-state index contributed by atoms with van der Waals surface area (Å²) in [5.74, 6) is 0.515. The number of aliphatic hydroxyl groups is 1. The molecular formula is C12H22O. The van der Waals surface area contributed by atoms with Crippen LogP contribution in [0.25, 0.3) is 0 Å². The van der Waals surface area contributed by atoms with Crippen molar-refractivity contribution in [1.82, 2.24) is 0 Å². The smallest absolute Gasteiger partial charge is 0.0546 e. The second kappa shape index (κ2) is 3.83. The number of hydrogen-bond acceptors (Lipinski definition) is 1. The zero-order valence-electron chi connectivity index (χ0n) is 9.14. The van der Waals surface area contributed by atoms with E-state index >= 15 is 0 Å². The van der Waals surface area contributed by atoms with E-state index in [1.165, 1.54) is 12.0 Å². The summed E-state index contributed by atoms with van der Waals surface area (Å²) < 4.78 is 0. The highest BCUT2D eigenvalue weighted by Crippen LogP contribution is 2.46. The van der Waals surface area contributed by atoms with Crippen molar-refractivity contribution in [2.45, 2.75) is 52.6 Å². The highest BCUT2D eigenvalue weighted by molar-refractivity contribution is 5.06. The fraction of sp³-hybridized carbons (Fsp3) is 0.833. The lowest BCUT2D eigenvalue weighted by Gasteiger charge is -2.43. The Morgan fingerprint density at radius 1 is 1.62 bits per heavy atom. The van der Waals surface area contributed by atoms with Gasteiger partial charge in [0.1, 0.15) is 0 Å². The maximum absolute atomic E-state index is 9.62. The highest BCUT2D eigenvalue weighted by Gasteiger charge is 2.38. The van der Waals surface area contributed by atoms with Crippen molar-refractivity contribution < 1.29 is 5.11 Å². The van der Waals surface area contributed by atoms with Gasteiger partial charge in [0.2, 0.25) is 0 Å². The van der Waals surface area contributed by atoms with Crippen molar-refractivity contribution in [3.05, 3.63) is 12.2 Å². The molecule has 0 unspecified atom stereocenters. The number of hydrogen-bond donors (Lipinski definition) is 1. The Bertz CT molecular complexity index is 197. The van der Waals surface area contributed by atoms with Crippen LogP contribution in [0.3, 0.4) is 0 Å². The van der Waals surface area contributed by atoms with Gasteiger partial charge in [-0.25, -0.2) is 0 Å². The Morgan fingerprint density at radius 3 is 2.69 bits per heavy atom. The SMILES string of the molecule is C=C(C)[C@H]1C[C@H](O)CC[C@]1(C)CC. The maximum Gasteiger partial charge on any atom is 0.0546 e. The molecule has 1 N–H and O–H groups in total. The van der Waals surface area contributed by atoms with E-state index in [4.69, 9.17) is 0 Å². The molecule has 0 radical (unpaired) electrons. The summed E-state index contributed by atoms with van der Waals surface area (Å²) in [6.45, 7) is 10.7. The van der Waals surface area contributed by atoms with Gasteiger partial charge >= 0.3 is 0 Å². The van der Waals surface area contributed by atoms with Gasteiger partial charge in [-0.3, -0.25) is 0 Å². The van der Waals surface area contributed by atoms with Gasteiger partial charge in [0.05, 0.1) is 6.10 Å². The van der Waals surface area contributed by atoms with E-state index < -0.39 is 0 Å². The molecule has 0 aromatic carbocycles. The van der Waals surface area contributed by atoms with Crippen molar-refractivity contribution in [3.63, 3.8) is 0 Å². The molecule has 0 aliphatic heterocycles. The van der Waals surface area contributed by atoms with E-state index in [1.54, 1.807) is 0 Å². The van der Waals surface area contributed by atoms with Crippen molar-refractivity contribution >= 4 is 0 Å². The van der Waals surface area contributed by atoms with Gasteiger partial charge in [0, 0.05) is 0 Å². The van der Waals surface area contributed by atoms with Crippen LogP contribution in [-0.4, -0.2) is 11.2 Å². The molecule has 0 aromatic rings. The van der Waals surface area contributed by atoms with Crippen LogP contribution in [0.1, 0.15) is 46.5 Å². The second-order valence-corrected chi connectivity index (χ2v) is 4.83. The average molecular weight is 182 g/mol. The molecule has 1 aliphatic rings. The van der Waals surface area contributed by atoms with Crippen LogP contribution >= 0.6 is 0 Å². The fourth-order valence-electron chi connectivity index (χ4n) is 2.56. The topological polar surface area (TPSA) is 20.2 Å². The van der Waals surface area contributed by atoms with Gasteiger partial charge in [-0.05, 0) is 37.5 Å². The third-order valence-electron chi connectivity index (χ3n) is 3.80. The summed E-state index contributed by atoms with van der Waals surface area (Å²) in [6, 6.07) is 0. The summed E-state index contributed by atoms with van der Waals surface area (Å²) >= 11 is 0. The van der Waals surface area contributed by atoms with Gasteiger partial charge in [-0.15, -0.1) is 0 Å². The molecule has 0 aromatic heterocycles. The molecule has 0 heterocycles.